The van der Waals surface area contributed by atoms with Gasteiger partial charge in [0.05, 0.1) is 0 Å². The van der Waals surface area contributed by atoms with Gasteiger partial charge in [-0.15, -0.1) is 13.2 Å². The second-order valence-electron chi connectivity index (χ2n) is 7.66. The van der Waals surface area contributed by atoms with Crippen molar-refractivity contribution in [3.63, 3.8) is 0 Å². The van der Waals surface area contributed by atoms with Gasteiger partial charge >= 0.3 is 17.1 Å². The molecule has 0 N–H and O–H groups in total. The minimum atomic E-state index is -2.49. The zero-order chi connectivity index (χ0) is 18.3. The Morgan fingerprint density at radius 1 is 0.739 bits per heavy atom. The summed E-state index contributed by atoms with van der Waals surface area (Å²) in [7, 11) is -4.97. The molecule has 0 aliphatic rings. The minimum absolute atomic E-state index is 0.154. The summed E-state index contributed by atoms with van der Waals surface area (Å²) in [6, 6.07) is 0. The Kier molecular flexibility index (Phi) is 9.85. The summed E-state index contributed by atoms with van der Waals surface area (Å²) in [6.45, 7) is 25.0. The summed E-state index contributed by atoms with van der Waals surface area (Å²) in [5.74, 6) is 1.19. The molecule has 136 valence electrons. The zero-order valence-corrected chi connectivity index (χ0v) is 18.5. The highest BCUT2D eigenvalue weighted by Crippen LogP contribution is 2.24. The third-order valence-corrected chi connectivity index (χ3v) is 10.1. The molecule has 0 aromatic carbocycles. The summed E-state index contributed by atoms with van der Waals surface area (Å²) < 4.78 is 19.0. The molecule has 23 heavy (non-hydrogen) atoms. The predicted octanol–water partition coefficient (Wildman–Crippen LogP) is 5.50. The number of rotatable bonds is 12. The van der Waals surface area contributed by atoms with Crippen molar-refractivity contribution < 1.29 is 13.0 Å². The van der Waals surface area contributed by atoms with Crippen molar-refractivity contribution >= 4 is 17.1 Å². The van der Waals surface area contributed by atoms with Crippen LogP contribution in [-0.2, 0) is 13.0 Å². The average Bonchev–Trinajstić information content (AvgIpc) is 2.35. The van der Waals surface area contributed by atoms with Crippen molar-refractivity contribution in [2.24, 2.45) is 11.8 Å². The lowest BCUT2D eigenvalue weighted by molar-refractivity contribution is 0.119. The van der Waals surface area contributed by atoms with Crippen LogP contribution in [-0.4, -0.2) is 29.3 Å². The quantitative estimate of drug-likeness (QED) is 0.431. The van der Waals surface area contributed by atoms with Crippen LogP contribution in [0.15, 0.2) is 24.6 Å². The van der Waals surface area contributed by atoms with E-state index < -0.39 is 17.1 Å². The van der Waals surface area contributed by atoms with E-state index in [2.05, 4.69) is 54.7 Å². The Morgan fingerprint density at radius 3 is 1.26 bits per heavy atom. The highest BCUT2D eigenvalue weighted by Gasteiger charge is 2.41. The fourth-order valence-corrected chi connectivity index (χ4v) is 9.11. The molecule has 4 unspecified atom stereocenters. The fraction of sp³-hybridized carbons (Fsp3) is 0.778. The van der Waals surface area contributed by atoms with Crippen LogP contribution in [0.25, 0.3) is 0 Å². The highest BCUT2D eigenvalue weighted by molar-refractivity contribution is 6.84. The van der Waals surface area contributed by atoms with Crippen LogP contribution >= 0.6 is 0 Å². The zero-order valence-electron chi connectivity index (χ0n) is 16.5. The van der Waals surface area contributed by atoms with Gasteiger partial charge in [-0.1, -0.05) is 39.1 Å². The molecular weight excluding hydrogens is 320 g/mol. The van der Waals surface area contributed by atoms with Gasteiger partial charge in [0.2, 0.25) is 0 Å². The Balaban J connectivity index is 4.93. The first kappa shape index (κ1) is 22.8. The van der Waals surface area contributed by atoms with Gasteiger partial charge in [0.25, 0.3) is 0 Å². The first-order chi connectivity index (χ1) is 10.4. The van der Waals surface area contributed by atoms with Crippen molar-refractivity contribution in [1.29, 1.82) is 0 Å². The monoisotopic (exact) mass is 358 g/mol. The van der Waals surface area contributed by atoms with Crippen LogP contribution in [0.2, 0.25) is 13.1 Å². The van der Waals surface area contributed by atoms with E-state index in [9.17, 15) is 0 Å². The minimum Gasteiger partial charge on any atom is -0.409 e. The smallest absolute Gasteiger partial charge is 0.352 e. The maximum Gasteiger partial charge on any atom is 0.352 e. The topological polar surface area (TPSA) is 27.7 Å². The third kappa shape index (κ3) is 9.62. The largest absolute Gasteiger partial charge is 0.409 e. The molecule has 0 amide bonds. The van der Waals surface area contributed by atoms with Gasteiger partial charge in [-0.25, -0.2) is 0 Å². The second-order valence-corrected chi connectivity index (χ2v) is 13.8. The van der Waals surface area contributed by atoms with Crippen LogP contribution in [0.1, 0.15) is 54.4 Å². The molecule has 3 nitrogen and oxygen atoms in total. The van der Waals surface area contributed by atoms with Gasteiger partial charge in [-0.2, -0.15) is 0 Å². The summed E-state index contributed by atoms with van der Waals surface area (Å²) in [5.41, 5.74) is 3.71. The van der Waals surface area contributed by atoms with Crippen LogP contribution in [0.4, 0.5) is 0 Å². The SMILES string of the molecule is C=C[Si](C)(OC(C)CC(C)C)O[Si](C)(C=C)OC(C)CC(C)C. The Bertz CT molecular complexity index is 339. The molecule has 0 bridgehead atoms. The summed E-state index contributed by atoms with van der Waals surface area (Å²) >= 11 is 0. The van der Waals surface area contributed by atoms with Crippen molar-refractivity contribution in [3.8, 4) is 0 Å². The maximum absolute atomic E-state index is 6.43. The van der Waals surface area contributed by atoms with Gasteiger partial charge in [0.1, 0.15) is 0 Å². The molecule has 0 spiro atoms. The molecule has 0 fully saturated rings. The van der Waals surface area contributed by atoms with E-state index in [0.717, 1.165) is 12.8 Å². The number of hydrogen-bond donors (Lipinski definition) is 0. The van der Waals surface area contributed by atoms with Crippen LogP contribution in [0.5, 0.6) is 0 Å². The molecule has 5 heteroatoms. The Morgan fingerprint density at radius 2 is 1.04 bits per heavy atom. The molecule has 0 saturated carbocycles. The fourth-order valence-electron chi connectivity index (χ4n) is 2.85. The van der Waals surface area contributed by atoms with Crippen molar-refractivity contribution in [2.45, 2.75) is 79.7 Å². The van der Waals surface area contributed by atoms with E-state index in [1.807, 2.05) is 24.5 Å². The Hall–Kier alpha value is -0.206. The van der Waals surface area contributed by atoms with Gasteiger partial charge in [-0.3, -0.25) is 0 Å². The van der Waals surface area contributed by atoms with E-state index in [4.69, 9.17) is 13.0 Å². The average molecular weight is 359 g/mol. The summed E-state index contributed by atoms with van der Waals surface area (Å²) in [4.78, 5) is 0. The first-order valence-corrected chi connectivity index (χ1v) is 13.6. The van der Waals surface area contributed by atoms with Crippen molar-refractivity contribution in [2.75, 3.05) is 0 Å². The van der Waals surface area contributed by atoms with Gasteiger partial charge in [-0.05, 0) is 51.6 Å². The molecule has 0 radical (unpaired) electrons. The second kappa shape index (κ2) is 9.94. The molecule has 0 aliphatic heterocycles. The lowest BCUT2D eigenvalue weighted by atomic mass is 10.1. The molecule has 0 aromatic rings. The highest BCUT2D eigenvalue weighted by atomic mass is 28.5. The normalized spacial score (nSPS) is 19.9. The number of hydrogen-bond acceptors (Lipinski definition) is 3. The molecule has 0 aliphatic carbocycles. The molecule has 4 atom stereocenters. The predicted molar refractivity (Wildman–Crippen MR) is 105 cm³/mol. The third-order valence-electron chi connectivity index (χ3n) is 3.62. The molecule has 0 aromatic heterocycles. The molecule has 0 saturated heterocycles. The lowest BCUT2D eigenvalue weighted by Gasteiger charge is -2.37. The first-order valence-electron chi connectivity index (χ1n) is 8.78. The standard InChI is InChI=1S/C18H38O3Si2/c1-11-22(9,19-17(7)13-15(3)4)21-23(10,12-2)20-18(8)14-16(5)6/h11-12,15-18H,1-2,13-14H2,3-10H3. The van der Waals surface area contributed by atoms with E-state index in [1.54, 1.807) is 0 Å². The van der Waals surface area contributed by atoms with Crippen LogP contribution < -0.4 is 0 Å². The summed E-state index contributed by atoms with van der Waals surface area (Å²) in [6.07, 6.45) is 2.33. The maximum atomic E-state index is 6.43. The van der Waals surface area contributed by atoms with Gasteiger partial charge in [0, 0.05) is 12.2 Å². The van der Waals surface area contributed by atoms with Crippen LogP contribution in [0, 0.1) is 11.8 Å². The molecule has 0 rings (SSSR count). The summed E-state index contributed by atoms with van der Waals surface area (Å²) in [5, 5.41) is 0. The van der Waals surface area contributed by atoms with Gasteiger partial charge < -0.3 is 13.0 Å². The van der Waals surface area contributed by atoms with Crippen molar-refractivity contribution in [1.82, 2.24) is 0 Å². The molecule has 0 heterocycles. The van der Waals surface area contributed by atoms with E-state index in [1.165, 1.54) is 0 Å². The van der Waals surface area contributed by atoms with E-state index in [-0.39, 0.29) is 12.2 Å². The van der Waals surface area contributed by atoms with Crippen LogP contribution in [0.3, 0.4) is 0 Å². The van der Waals surface area contributed by atoms with Gasteiger partial charge in [0.15, 0.2) is 0 Å². The lowest BCUT2D eigenvalue weighted by Crippen LogP contribution is -2.52. The van der Waals surface area contributed by atoms with E-state index >= 15 is 0 Å². The Labute approximate surface area is 146 Å². The van der Waals surface area contributed by atoms with Crippen molar-refractivity contribution in [3.05, 3.63) is 24.6 Å². The van der Waals surface area contributed by atoms with E-state index in [0.29, 0.717) is 11.8 Å². The molecular formula is C18H38O3Si2.